The van der Waals surface area contributed by atoms with Crippen molar-refractivity contribution in [3.05, 3.63) is 15.9 Å². The molecule has 0 spiro atoms. The maximum Gasteiger partial charge on any atom is 0.436 e. The van der Waals surface area contributed by atoms with Gasteiger partial charge in [-0.25, -0.2) is 0 Å². The predicted octanol–water partition coefficient (Wildman–Crippen LogP) is 1.64. The van der Waals surface area contributed by atoms with Gasteiger partial charge in [-0.05, 0) is 29.8 Å². The molecule has 1 rings (SSSR count). The molecule has 0 bridgehead atoms. The van der Waals surface area contributed by atoms with E-state index < -0.39 is 23.8 Å². The Morgan fingerprint density at radius 2 is 2.16 bits per heavy atom. The molecule has 1 heterocycles. The highest BCUT2D eigenvalue weighted by atomic mass is 79.9. The molecule has 9 heteroatoms. The van der Waals surface area contributed by atoms with Crippen molar-refractivity contribution in [2.45, 2.75) is 26.1 Å². The molecule has 0 aliphatic rings. The van der Waals surface area contributed by atoms with Gasteiger partial charge in [0.1, 0.15) is 6.04 Å². The van der Waals surface area contributed by atoms with Crippen LogP contribution in [-0.2, 0) is 11.0 Å². The smallest absolute Gasteiger partial charge is 0.395 e. The van der Waals surface area contributed by atoms with Gasteiger partial charge >= 0.3 is 6.18 Å². The van der Waals surface area contributed by atoms with E-state index >= 15 is 0 Å². The normalized spacial score (nSPS) is 13.4. The van der Waals surface area contributed by atoms with Crippen molar-refractivity contribution in [1.29, 1.82) is 0 Å². The number of aromatic nitrogens is 2. The first kappa shape index (κ1) is 16.0. The Hall–Kier alpha value is -1.09. The number of nitrogens with one attached hydrogen (secondary N) is 1. The van der Waals surface area contributed by atoms with E-state index in [2.05, 4.69) is 26.3 Å². The van der Waals surface area contributed by atoms with Crippen LogP contribution >= 0.6 is 15.9 Å². The van der Waals surface area contributed by atoms with Crippen LogP contribution in [-0.4, -0.2) is 33.9 Å². The molecule has 1 amide bonds. The Bertz CT molecular complexity index is 473. The molecule has 0 radical (unpaired) electrons. The van der Waals surface area contributed by atoms with Crippen molar-refractivity contribution in [3.63, 3.8) is 0 Å². The summed E-state index contributed by atoms with van der Waals surface area (Å²) >= 11 is 2.83. The fourth-order valence-electron chi connectivity index (χ4n) is 1.49. The van der Waals surface area contributed by atoms with E-state index in [9.17, 15) is 18.0 Å². The number of carbonyl (C=O) groups excluding carboxylic acids is 1. The van der Waals surface area contributed by atoms with Gasteiger partial charge in [-0.15, -0.1) is 0 Å². The summed E-state index contributed by atoms with van der Waals surface area (Å²) in [5.41, 5.74) is -0.856. The summed E-state index contributed by atoms with van der Waals surface area (Å²) in [6.07, 6.45) is -4.59. The van der Waals surface area contributed by atoms with E-state index in [-0.39, 0.29) is 23.3 Å². The Balaban J connectivity index is 3.05. The molecule has 1 unspecified atom stereocenters. The number of nitrogens with zero attached hydrogens (tertiary/aromatic N) is 2. The van der Waals surface area contributed by atoms with Crippen LogP contribution in [0.1, 0.15) is 24.4 Å². The van der Waals surface area contributed by atoms with Crippen molar-refractivity contribution in [3.8, 4) is 0 Å². The third-order valence-corrected chi connectivity index (χ3v) is 3.45. The summed E-state index contributed by atoms with van der Waals surface area (Å²) in [6.45, 7) is 2.66. The summed E-state index contributed by atoms with van der Waals surface area (Å²) in [4.78, 5) is 11.6. The van der Waals surface area contributed by atoms with E-state index in [1.165, 1.54) is 13.8 Å². The highest BCUT2D eigenvalue weighted by Gasteiger charge is 2.38. The molecule has 2 N–H and O–H groups in total. The third kappa shape index (κ3) is 3.47. The zero-order chi connectivity index (χ0) is 14.8. The molecule has 0 aromatic carbocycles. The molecule has 0 aliphatic heterocycles. The summed E-state index contributed by atoms with van der Waals surface area (Å²) < 4.78 is 38.8. The lowest BCUT2D eigenvalue weighted by atomic mass is 10.3. The molecule has 0 saturated heterocycles. The number of amides is 1. The van der Waals surface area contributed by atoms with E-state index in [0.29, 0.717) is 0 Å². The number of hydrogen-bond donors (Lipinski definition) is 2. The Kier molecular flexibility index (Phi) is 4.97. The summed E-state index contributed by atoms with van der Waals surface area (Å²) in [5, 5.41) is 14.4. The standard InChI is InChI=1S/C10H13BrF3N3O2/c1-5-7(11)8(10(12,13)14)16-17(5)6(2)9(19)15-3-4-18/h6,18H,3-4H2,1-2H3,(H,15,19). The van der Waals surface area contributed by atoms with Crippen LogP contribution in [0.2, 0.25) is 0 Å². The van der Waals surface area contributed by atoms with Crippen LogP contribution in [0.25, 0.3) is 0 Å². The van der Waals surface area contributed by atoms with E-state index in [1.807, 2.05) is 0 Å². The number of alkyl halides is 3. The first-order chi connectivity index (χ1) is 8.70. The van der Waals surface area contributed by atoms with Gasteiger partial charge in [-0.1, -0.05) is 0 Å². The quantitative estimate of drug-likeness (QED) is 0.873. The molecule has 0 fully saturated rings. The molecule has 0 aliphatic carbocycles. The molecule has 108 valence electrons. The van der Waals surface area contributed by atoms with E-state index in [4.69, 9.17) is 5.11 Å². The maximum atomic E-state index is 12.7. The monoisotopic (exact) mass is 343 g/mol. The van der Waals surface area contributed by atoms with Gasteiger partial charge in [-0.3, -0.25) is 9.48 Å². The lowest BCUT2D eigenvalue weighted by Crippen LogP contribution is -2.33. The first-order valence-electron chi connectivity index (χ1n) is 5.40. The largest absolute Gasteiger partial charge is 0.436 e. The lowest BCUT2D eigenvalue weighted by molar-refractivity contribution is -0.142. The van der Waals surface area contributed by atoms with Crippen molar-refractivity contribution in [2.24, 2.45) is 0 Å². The Morgan fingerprint density at radius 1 is 1.58 bits per heavy atom. The topological polar surface area (TPSA) is 67.2 Å². The second-order valence-electron chi connectivity index (χ2n) is 3.88. The van der Waals surface area contributed by atoms with Gasteiger partial charge < -0.3 is 10.4 Å². The molecule has 1 atom stereocenters. The summed E-state index contributed by atoms with van der Waals surface area (Å²) in [5.74, 6) is -0.513. The molecule has 5 nitrogen and oxygen atoms in total. The highest BCUT2D eigenvalue weighted by Crippen LogP contribution is 2.36. The van der Waals surface area contributed by atoms with Gasteiger partial charge in [0.2, 0.25) is 5.91 Å². The van der Waals surface area contributed by atoms with E-state index in [1.54, 1.807) is 0 Å². The van der Waals surface area contributed by atoms with E-state index in [0.717, 1.165) is 4.68 Å². The van der Waals surface area contributed by atoms with Crippen LogP contribution in [0, 0.1) is 6.92 Å². The van der Waals surface area contributed by atoms with Crippen molar-refractivity contribution in [1.82, 2.24) is 15.1 Å². The fraction of sp³-hybridized carbons (Fsp3) is 0.600. The molecular weight excluding hydrogens is 331 g/mol. The lowest BCUT2D eigenvalue weighted by Gasteiger charge is -2.13. The predicted molar refractivity (Wildman–Crippen MR) is 64.5 cm³/mol. The van der Waals surface area contributed by atoms with Crippen molar-refractivity contribution < 1.29 is 23.1 Å². The maximum absolute atomic E-state index is 12.7. The number of aliphatic hydroxyl groups excluding tert-OH is 1. The number of rotatable bonds is 4. The molecule has 1 aromatic rings. The third-order valence-electron chi connectivity index (χ3n) is 2.50. The first-order valence-corrected chi connectivity index (χ1v) is 6.19. The minimum Gasteiger partial charge on any atom is -0.395 e. The van der Waals surface area contributed by atoms with Crippen molar-refractivity contribution >= 4 is 21.8 Å². The molecule has 19 heavy (non-hydrogen) atoms. The van der Waals surface area contributed by atoms with Crippen LogP contribution < -0.4 is 5.32 Å². The number of halogens is 4. The van der Waals surface area contributed by atoms with Crippen molar-refractivity contribution in [2.75, 3.05) is 13.2 Å². The summed E-state index contributed by atoms with van der Waals surface area (Å²) in [7, 11) is 0. The molecule has 1 aromatic heterocycles. The zero-order valence-electron chi connectivity index (χ0n) is 10.3. The van der Waals surface area contributed by atoms with Gasteiger partial charge in [0.05, 0.1) is 16.8 Å². The SMILES string of the molecule is Cc1c(Br)c(C(F)(F)F)nn1C(C)C(=O)NCCO. The fourth-order valence-corrected chi connectivity index (χ4v) is 1.98. The number of aliphatic hydroxyl groups is 1. The second-order valence-corrected chi connectivity index (χ2v) is 4.67. The van der Waals surface area contributed by atoms with Crippen LogP contribution in [0.3, 0.4) is 0 Å². The van der Waals surface area contributed by atoms with Gasteiger partial charge in [0.15, 0.2) is 5.69 Å². The second kappa shape index (κ2) is 5.91. The average Bonchev–Trinajstić information content (AvgIpc) is 2.62. The van der Waals surface area contributed by atoms with Crippen LogP contribution in [0.4, 0.5) is 13.2 Å². The van der Waals surface area contributed by atoms with Gasteiger partial charge in [0.25, 0.3) is 0 Å². The molecule has 0 saturated carbocycles. The van der Waals surface area contributed by atoms with Crippen LogP contribution in [0.15, 0.2) is 4.47 Å². The average molecular weight is 344 g/mol. The minimum atomic E-state index is -4.59. The van der Waals surface area contributed by atoms with Gasteiger partial charge in [-0.2, -0.15) is 18.3 Å². The Labute approximate surface area is 115 Å². The van der Waals surface area contributed by atoms with Gasteiger partial charge in [0, 0.05) is 6.54 Å². The highest BCUT2D eigenvalue weighted by molar-refractivity contribution is 9.10. The minimum absolute atomic E-state index is 0.0385. The zero-order valence-corrected chi connectivity index (χ0v) is 11.8. The molecular formula is C10H13BrF3N3O2. The number of carbonyl (C=O) groups is 1. The Morgan fingerprint density at radius 3 is 2.58 bits per heavy atom. The number of hydrogen-bond acceptors (Lipinski definition) is 3. The summed E-state index contributed by atoms with van der Waals surface area (Å²) in [6, 6.07) is -0.904. The van der Waals surface area contributed by atoms with Crippen LogP contribution in [0.5, 0.6) is 0 Å².